The average Bonchev–Trinajstić information content (AvgIpc) is 2.20. The van der Waals surface area contributed by atoms with Gasteiger partial charge in [0, 0.05) is 16.1 Å². The van der Waals surface area contributed by atoms with Crippen LogP contribution in [0.25, 0.3) is 0 Å². The van der Waals surface area contributed by atoms with Crippen LogP contribution in [0.4, 0.5) is 4.39 Å². The molecule has 1 fully saturated rings. The molecule has 2 N–H and O–H groups in total. The second-order valence-corrected chi connectivity index (χ2v) is 5.25. The zero-order valence-corrected chi connectivity index (χ0v) is 10.9. The number of nitrogens with one attached hydrogen (secondary N) is 1. The van der Waals surface area contributed by atoms with Crippen LogP contribution in [0.15, 0.2) is 22.7 Å². The summed E-state index contributed by atoms with van der Waals surface area (Å²) in [7, 11) is 0. The summed E-state index contributed by atoms with van der Waals surface area (Å²) in [5.74, 6) is -2.10. The van der Waals surface area contributed by atoms with Crippen LogP contribution in [0, 0.1) is 11.7 Å². The summed E-state index contributed by atoms with van der Waals surface area (Å²) in [5.41, 5.74) is 0.223. The molecule has 1 saturated carbocycles. The Balaban J connectivity index is 1.95. The van der Waals surface area contributed by atoms with Crippen LogP contribution in [0.5, 0.6) is 0 Å². The molecule has 2 rings (SSSR count). The van der Waals surface area contributed by atoms with Gasteiger partial charge in [-0.1, -0.05) is 15.9 Å². The third kappa shape index (κ3) is 2.87. The van der Waals surface area contributed by atoms with Crippen molar-refractivity contribution in [3.63, 3.8) is 0 Å². The Morgan fingerprint density at radius 2 is 2.00 bits per heavy atom. The number of hydrogen-bond acceptors (Lipinski definition) is 2. The van der Waals surface area contributed by atoms with E-state index in [1.54, 1.807) is 0 Å². The van der Waals surface area contributed by atoms with Gasteiger partial charge in [0.05, 0.1) is 5.92 Å². The molecule has 6 heteroatoms. The number of carbonyl (C=O) groups excluding carboxylic acids is 1. The molecule has 18 heavy (non-hydrogen) atoms. The molecule has 1 aliphatic rings. The van der Waals surface area contributed by atoms with E-state index in [-0.39, 0.29) is 23.4 Å². The van der Waals surface area contributed by atoms with Crippen molar-refractivity contribution in [2.45, 2.75) is 18.9 Å². The highest BCUT2D eigenvalue weighted by atomic mass is 79.9. The van der Waals surface area contributed by atoms with E-state index >= 15 is 0 Å². The predicted molar refractivity (Wildman–Crippen MR) is 65.7 cm³/mol. The summed E-state index contributed by atoms with van der Waals surface area (Å²) in [5, 5.41) is 11.4. The highest BCUT2D eigenvalue weighted by molar-refractivity contribution is 9.10. The van der Waals surface area contributed by atoms with E-state index in [9.17, 15) is 14.0 Å². The number of rotatable bonds is 3. The van der Waals surface area contributed by atoms with Gasteiger partial charge in [0.15, 0.2) is 0 Å². The van der Waals surface area contributed by atoms with Crippen LogP contribution in [-0.4, -0.2) is 23.0 Å². The fourth-order valence-corrected chi connectivity index (χ4v) is 2.36. The van der Waals surface area contributed by atoms with Crippen molar-refractivity contribution in [1.29, 1.82) is 0 Å². The monoisotopic (exact) mass is 315 g/mol. The van der Waals surface area contributed by atoms with Crippen molar-refractivity contribution in [3.05, 3.63) is 34.1 Å². The number of carboxylic acid groups (broad SMARTS) is 1. The molecule has 1 amide bonds. The first-order valence-electron chi connectivity index (χ1n) is 5.45. The Morgan fingerprint density at radius 3 is 2.56 bits per heavy atom. The van der Waals surface area contributed by atoms with Crippen molar-refractivity contribution in [2.75, 3.05) is 0 Å². The summed E-state index contributed by atoms with van der Waals surface area (Å²) >= 11 is 3.11. The number of aliphatic carboxylic acids is 1. The second-order valence-electron chi connectivity index (χ2n) is 4.34. The van der Waals surface area contributed by atoms with Crippen molar-refractivity contribution >= 4 is 27.8 Å². The Labute approximate surface area is 111 Å². The van der Waals surface area contributed by atoms with Gasteiger partial charge < -0.3 is 10.4 Å². The molecule has 0 heterocycles. The van der Waals surface area contributed by atoms with Gasteiger partial charge in [-0.25, -0.2) is 4.39 Å². The largest absolute Gasteiger partial charge is 0.481 e. The topological polar surface area (TPSA) is 66.4 Å². The standard InChI is InChI=1S/C12H11BrFNO3/c13-8-1-6(2-9(14)5-8)11(16)15-10-3-7(4-10)12(17)18/h1-2,5,7,10H,3-4H2,(H,15,16)(H,17,18). The minimum atomic E-state index is -0.839. The van der Waals surface area contributed by atoms with Crippen LogP contribution >= 0.6 is 15.9 Å². The molecule has 0 aliphatic heterocycles. The number of amides is 1. The molecule has 0 radical (unpaired) electrons. The molecule has 0 aromatic heterocycles. The van der Waals surface area contributed by atoms with E-state index in [1.165, 1.54) is 12.1 Å². The summed E-state index contributed by atoms with van der Waals surface area (Å²) < 4.78 is 13.6. The number of carbonyl (C=O) groups is 2. The Kier molecular flexibility index (Phi) is 3.65. The molecule has 1 aromatic carbocycles. The van der Waals surface area contributed by atoms with Gasteiger partial charge in [0.25, 0.3) is 5.91 Å². The molecule has 96 valence electrons. The zero-order valence-electron chi connectivity index (χ0n) is 9.32. The second kappa shape index (κ2) is 5.06. The van der Waals surface area contributed by atoms with Gasteiger partial charge in [-0.15, -0.1) is 0 Å². The molecule has 0 spiro atoms. The van der Waals surface area contributed by atoms with Gasteiger partial charge in [-0.3, -0.25) is 9.59 Å². The quantitative estimate of drug-likeness (QED) is 0.898. The van der Waals surface area contributed by atoms with Gasteiger partial charge in [0.2, 0.25) is 0 Å². The van der Waals surface area contributed by atoms with E-state index in [2.05, 4.69) is 21.2 Å². The molecule has 1 aromatic rings. The molecular weight excluding hydrogens is 305 g/mol. The Hall–Kier alpha value is -1.43. The lowest BCUT2D eigenvalue weighted by molar-refractivity contribution is -0.145. The fraction of sp³-hybridized carbons (Fsp3) is 0.333. The van der Waals surface area contributed by atoms with Crippen molar-refractivity contribution in [3.8, 4) is 0 Å². The zero-order chi connectivity index (χ0) is 13.3. The van der Waals surface area contributed by atoms with Gasteiger partial charge in [-0.2, -0.15) is 0 Å². The van der Waals surface area contributed by atoms with E-state index in [1.807, 2.05) is 0 Å². The summed E-state index contributed by atoms with van der Waals surface area (Å²) in [4.78, 5) is 22.4. The van der Waals surface area contributed by atoms with Gasteiger partial charge in [-0.05, 0) is 31.0 Å². The summed E-state index contributed by atoms with van der Waals surface area (Å²) in [6.45, 7) is 0. The molecule has 0 unspecified atom stereocenters. The highest BCUT2D eigenvalue weighted by Gasteiger charge is 2.35. The molecular formula is C12H11BrFNO3. The van der Waals surface area contributed by atoms with E-state index in [4.69, 9.17) is 5.11 Å². The van der Waals surface area contributed by atoms with E-state index < -0.39 is 11.8 Å². The first kappa shape index (κ1) is 13.0. The molecule has 4 nitrogen and oxygen atoms in total. The minimum Gasteiger partial charge on any atom is -0.481 e. The normalized spacial score (nSPS) is 22.1. The maximum absolute atomic E-state index is 13.1. The van der Waals surface area contributed by atoms with E-state index in [0.29, 0.717) is 17.3 Å². The average molecular weight is 316 g/mol. The SMILES string of the molecule is O=C(NC1CC(C(=O)O)C1)c1cc(F)cc(Br)c1. The van der Waals surface area contributed by atoms with Crippen LogP contribution < -0.4 is 5.32 Å². The molecule has 1 aliphatic carbocycles. The van der Waals surface area contributed by atoms with Crippen LogP contribution in [0.3, 0.4) is 0 Å². The third-order valence-electron chi connectivity index (χ3n) is 2.95. The number of carboxylic acids is 1. The van der Waals surface area contributed by atoms with E-state index in [0.717, 1.165) is 6.07 Å². The Bertz CT molecular complexity index is 480. The molecule has 0 saturated heterocycles. The lowest BCUT2D eigenvalue weighted by atomic mass is 9.80. The smallest absolute Gasteiger partial charge is 0.306 e. The summed E-state index contributed by atoms with van der Waals surface area (Å²) in [6.07, 6.45) is 0.856. The number of hydrogen-bond donors (Lipinski definition) is 2. The highest BCUT2D eigenvalue weighted by Crippen LogP contribution is 2.27. The Morgan fingerprint density at radius 1 is 1.33 bits per heavy atom. The predicted octanol–water partition coefficient (Wildman–Crippen LogP) is 2.18. The number of halogens is 2. The van der Waals surface area contributed by atoms with Gasteiger partial charge in [0.1, 0.15) is 5.82 Å². The van der Waals surface area contributed by atoms with Crippen molar-refractivity contribution in [2.24, 2.45) is 5.92 Å². The van der Waals surface area contributed by atoms with Crippen molar-refractivity contribution < 1.29 is 19.1 Å². The first-order chi connectivity index (χ1) is 8.45. The fourth-order valence-electron chi connectivity index (χ4n) is 1.89. The first-order valence-corrected chi connectivity index (χ1v) is 6.25. The van der Waals surface area contributed by atoms with Crippen molar-refractivity contribution in [1.82, 2.24) is 5.32 Å². The minimum absolute atomic E-state index is 0.138. The maximum atomic E-state index is 13.1. The van der Waals surface area contributed by atoms with Gasteiger partial charge >= 0.3 is 5.97 Å². The van der Waals surface area contributed by atoms with Crippen LogP contribution in [-0.2, 0) is 4.79 Å². The third-order valence-corrected chi connectivity index (χ3v) is 3.41. The molecule has 0 bridgehead atoms. The maximum Gasteiger partial charge on any atom is 0.306 e. The lowest BCUT2D eigenvalue weighted by Crippen LogP contribution is -2.46. The van der Waals surface area contributed by atoms with Crippen LogP contribution in [0.2, 0.25) is 0 Å². The molecule has 0 atom stereocenters. The number of benzene rings is 1. The summed E-state index contributed by atoms with van der Waals surface area (Å²) in [6, 6.07) is 3.79. The lowest BCUT2D eigenvalue weighted by Gasteiger charge is -2.32. The van der Waals surface area contributed by atoms with Crippen LogP contribution in [0.1, 0.15) is 23.2 Å².